The van der Waals surface area contributed by atoms with Gasteiger partial charge in [-0.25, -0.2) is 0 Å². The number of oxime groups is 2. The van der Waals surface area contributed by atoms with E-state index in [9.17, 15) is 27.9 Å². The summed E-state index contributed by atoms with van der Waals surface area (Å²) in [6.45, 7) is 7.17. The van der Waals surface area contributed by atoms with Gasteiger partial charge in [-0.1, -0.05) is 138 Å². The van der Waals surface area contributed by atoms with Crippen molar-refractivity contribution in [3.8, 4) is 28.0 Å². The van der Waals surface area contributed by atoms with Gasteiger partial charge in [-0.05, 0) is 107 Å². The molecule has 1 unspecified atom stereocenters. The number of piperidine rings is 1. The van der Waals surface area contributed by atoms with Gasteiger partial charge in [-0.15, -0.1) is 0 Å². The van der Waals surface area contributed by atoms with Crippen LogP contribution in [0.25, 0.3) is 22.3 Å². The van der Waals surface area contributed by atoms with Crippen molar-refractivity contribution in [1.29, 1.82) is 0 Å². The Labute approximate surface area is 400 Å². The van der Waals surface area contributed by atoms with Crippen molar-refractivity contribution in [2.45, 2.75) is 65.6 Å². The molecule has 14 heteroatoms. The Hall–Kier alpha value is -7.29. The lowest BCUT2D eigenvalue weighted by molar-refractivity contribution is -0.143. The van der Waals surface area contributed by atoms with Gasteiger partial charge in [-0.2, -0.15) is 13.2 Å². The summed E-state index contributed by atoms with van der Waals surface area (Å²) >= 11 is 0. The SMILES string of the molecule is CC(=NOCc1ccc(-c2ccccc2)c(C(F)(F)F)c1)c1ccc(CN2CCCC(C(=O)O)C2)cc1.COc1cccc(-c2ccc(CON=C(C)c3ccc(CNCCC(=O)O)cc3)cc2)c1. The topological polar surface area (TPSA) is 142 Å². The molecule has 360 valence electrons. The minimum Gasteiger partial charge on any atom is -0.497 e. The summed E-state index contributed by atoms with van der Waals surface area (Å²) in [4.78, 5) is 34.9. The van der Waals surface area contributed by atoms with E-state index < -0.39 is 23.7 Å². The van der Waals surface area contributed by atoms with E-state index in [0.29, 0.717) is 49.6 Å². The summed E-state index contributed by atoms with van der Waals surface area (Å²) in [6, 6.07) is 44.6. The van der Waals surface area contributed by atoms with E-state index in [1.165, 1.54) is 6.07 Å². The first kappa shape index (κ1) is 51.1. The first-order chi connectivity index (χ1) is 33.2. The van der Waals surface area contributed by atoms with Crippen LogP contribution >= 0.6 is 0 Å². The van der Waals surface area contributed by atoms with E-state index in [-0.39, 0.29) is 24.5 Å². The molecule has 1 aliphatic heterocycles. The number of ether oxygens (including phenoxy) is 1. The van der Waals surface area contributed by atoms with E-state index in [1.807, 2.05) is 85.8 Å². The second-order valence-corrected chi connectivity index (χ2v) is 16.7. The third kappa shape index (κ3) is 15.9. The predicted molar refractivity (Wildman–Crippen MR) is 262 cm³/mol. The number of carboxylic acid groups (broad SMARTS) is 2. The number of alkyl halides is 3. The molecular weight excluding hydrogens is 886 g/mol. The first-order valence-electron chi connectivity index (χ1n) is 22.6. The van der Waals surface area contributed by atoms with Crippen LogP contribution < -0.4 is 10.1 Å². The van der Waals surface area contributed by atoms with Crippen LogP contribution in [0.15, 0.2) is 156 Å². The minimum absolute atomic E-state index is 0.0900. The second kappa shape index (κ2) is 25.2. The van der Waals surface area contributed by atoms with Crippen molar-refractivity contribution >= 4 is 23.4 Å². The standard InChI is InChI=1S/C29H29F3N2O3.C26H28N2O4/c1-20(23-12-9-21(10-13-23)17-34-15-5-8-25(18-34)28(35)36)33-37-19-22-11-14-26(24-6-3-2-4-7-24)27(16-22)29(30,31)32;1-19(22-10-6-20(7-11-22)17-27-15-14-26(29)30)28-32-18-21-8-12-23(13-9-21)24-4-3-5-25(16-24)31-2/h2-4,6-7,9-14,16,25H,5,8,15,17-19H2,1H3,(H,35,36);3-13,16,27H,14-15,17-18H2,1-2H3,(H,29,30). The van der Waals surface area contributed by atoms with Crippen LogP contribution in [0.4, 0.5) is 13.2 Å². The quantitative estimate of drug-likeness (QED) is 0.0411. The summed E-state index contributed by atoms with van der Waals surface area (Å²) in [5, 5.41) is 29.4. The van der Waals surface area contributed by atoms with Crippen LogP contribution in [0.3, 0.4) is 0 Å². The Morgan fingerprint density at radius 2 is 1.29 bits per heavy atom. The van der Waals surface area contributed by atoms with E-state index in [2.05, 4.69) is 38.7 Å². The number of halogens is 3. The molecule has 6 aromatic rings. The maximum atomic E-state index is 13.7. The molecule has 11 nitrogen and oxygen atoms in total. The Morgan fingerprint density at radius 1 is 0.696 bits per heavy atom. The lowest BCUT2D eigenvalue weighted by Crippen LogP contribution is -2.38. The van der Waals surface area contributed by atoms with E-state index in [0.717, 1.165) is 75.9 Å². The van der Waals surface area contributed by atoms with Crippen LogP contribution in [-0.4, -0.2) is 65.2 Å². The van der Waals surface area contributed by atoms with Crippen LogP contribution in [0.1, 0.15) is 72.1 Å². The Balaban J connectivity index is 0.000000229. The van der Waals surface area contributed by atoms with Crippen molar-refractivity contribution in [2.24, 2.45) is 16.2 Å². The molecule has 6 aromatic carbocycles. The number of carboxylic acids is 2. The highest BCUT2D eigenvalue weighted by Gasteiger charge is 2.34. The number of nitrogens with zero attached hydrogens (tertiary/aromatic N) is 3. The molecule has 1 aliphatic rings. The average Bonchev–Trinajstić information content (AvgIpc) is 3.36. The van der Waals surface area contributed by atoms with E-state index >= 15 is 0 Å². The van der Waals surface area contributed by atoms with Crippen LogP contribution in [-0.2, 0) is 51.7 Å². The van der Waals surface area contributed by atoms with Gasteiger partial charge >= 0.3 is 18.1 Å². The number of hydrogen-bond acceptors (Lipinski definition) is 9. The molecule has 1 saturated heterocycles. The number of nitrogens with one attached hydrogen (secondary N) is 1. The average molecular weight is 943 g/mol. The highest BCUT2D eigenvalue weighted by molar-refractivity contribution is 5.98. The van der Waals surface area contributed by atoms with E-state index in [1.54, 1.807) is 50.4 Å². The summed E-state index contributed by atoms with van der Waals surface area (Å²) in [5.41, 5.74) is 8.92. The van der Waals surface area contributed by atoms with Crippen molar-refractivity contribution < 1.29 is 47.4 Å². The minimum atomic E-state index is -4.50. The Kier molecular flexibility index (Phi) is 18.7. The molecule has 0 aliphatic carbocycles. The van der Waals surface area contributed by atoms with Gasteiger partial charge in [0.2, 0.25) is 0 Å². The normalized spacial score (nSPS) is 14.3. The molecule has 0 spiro atoms. The number of methoxy groups -OCH3 is 1. The van der Waals surface area contributed by atoms with Gasteiger partial charge < -0.3 is 29.9 Å². The zero-order chi connectivity index (χ0) is 49.2. The summed E-state index contributed by atoms with van der Waals surface area (Å²) in [6.07, 6.45) is -2.79. The molecule has 1 fully saturated rings. The number of carbonyl (C=O) groups is 2. The predicted octanol–water partition coefficient (Wildman–Crippen LogP) is 11.5. The Bertz CT molecular complexity index is 2660. The molecule has 0 bridgehead atoms. The monoisotopic (exact) mass is 942 g/mol. The smallest absolute Gasteiger partial charge is 0.417 e. The van der Waals surface area contributed by atoms with Crippen molar-refractivity contribution in [3.05, 3.63) is 185 Å². The molecule has 1 heterocycles. The van der Waals surface area contributed by atoms with Crippen LogP contribution in [0.2, 0.25) is 0 Å². The number of rotatable bonds is 19. The van der Waals surface area contributed by atoms with E-state index in [4.69, 9.17) is 19.5 Å². The van der Waals surface area contributed by atoms with Gasteiger partial charge in [0.15, 0.2) is 0 Å². The summed E-state index contributed by atoms with van der Waals surface area (Å²) in [5.74, 6) is -1.02. The highest BCUT2D eigenvalue weighted by Crippen LogP contribution is 2.38. The Morgan fingerprint density at radius 3 is 1.90 bits per heavy atom. The molecule has 7 rings (SSSR count). The second-order valence-electron chi connectivity index (χ2n) is 16.7. The van der Waals surface area contributed by atoms with Gasteiger partial charge in [0.05, 0.1) is 36.4 Å². The molecule has 1 atom stereocenters. The zero-order valence-electron chi connectivity index (χ0n) is 38.9. The maximum Gasteiger partial charge on any atom is 0.417 e. The molecule has 0 aromatic heterocycles. The van der Waals surface area contributed by atoms with Crippen LogP contribution in [0, 0.1) is 5.92 Å². The third-order valence-corrected chi connectivity index (χ3v) is 11.5. The molecule has 3 N–H and O–H groups in total. The van der Waals surface area contributed by atoms with Crippen molar-refractivity contribution in [3.63, 3.8) is 0 Å². The number of benzene rings is 6. The number of hydrogen-bond donors (Lipinski definition) is 3. The molecule has 0 radical (unpaired) electrons. The largest absolute Gasteiger partial charge is 0.497 e. The summed E-state index contributed by atoms with van der Waals surface area (Å²) in [7, 11) is 1.67. The van der Waals surface area contributed by atoms with Gasteiger partial charge in [0.1, 0.15) is 19.0 Å². The lowest BCUT2D eigenvalue weighted by atomic mass is 9.97. The van der Waals surface area contributed by atoms with Gasteiger partial charge in [0.25, 0.3) is 0 Å². The summed E-state index contributed by atoms with van der Waals surface area (Å²) < 4.78 is 46.5. The number of aliphatic carboxylic acids is 2. The highest BCUT2D eigenvalue weighted by atomic mass is 19.4. The number of likely N-dealkylation sites (tertiary alicyclic amines) is 1. The zero-order valence-corrected chi connectivity index (χ0v) is 38.9. The van der Waals surface area contributed by atoms with Crippen LogP contribution in [0.5, 0.6) is 5.75 Å². The van der Waals surface area contributed by atoms with Crippen molar-refractivity contribution in [1.82, 2.24) is 10.2 Å². The lowest BCUT2D eigenvalue weighted by Gasteiger charge is -2.30. The van der Waals surface area contributed by atoms with Gasteiger partial charge in [0, 0.05) is 26.2 Å². The fraction of sp³-hybridized carbons (Fsp3) is 0.273. The molecule has 0 amide bonds. The fourth-order valence-electron chi connectivity index (χ4n) is 7.70. The van der Waals surface area contributed by atoms with Crippen molar-refractivity contribution in [2.75, 3.05) is 26.7 Å². The fourth-order valence-corrected chi connectivity index (χ4v) is 7.70. The maximum absolute atomic E-state index is 13.7. The molecule has 69 heavy (non-hydrogen) atoms. The first-order valence-corrected chi connectivity index (χ1v) is 22.6. The van der Waals surface area contributed by atoms with Gasteiger partial charge in [-0.3, -0.25) is 14.5 Å². The molecule has 0 saturated carbocycles. The third-order valence-electron chi connectivity index (χ3n) is 11.5. The molecular formula is C55H57F3N4O7.